The average Bonchev–Trinajstić information content (AvgIpc) is 2.73. The van der Waals surface area contributed by atoms with E-state index in [1.807, 2.05) is 20.8 Å². The van der Waals surface area contributed by atoms with Gasteiger partial charge >= 0.3 is 0 Å². The molecule has 0 aromatic heterocycles. The van der Waals surface area contributed by atoms with Crippen molar-refractivity contribution in [3.63, 3.8) is 0 Å². The first-order chi connectivity index (χ1) is 11.8. The Kier molecular flexibility index (Phi) is 4.64. The Morgan fingerprint density at radius 2 is 1.32 bits per heavy atom. The van der Waals surface area contributed by atoms with Crippen molar-refractivity contribution in [2.45, 2.75) is 53.4 Å². The molecular weight excluding hydrogens is 308 g/mol. The van der Waals surface area contributed by atoms with Crippen molar-refractivity contribution in [1.82, 2.24) is 0 Å². The molecule has 0 saturated heterocycles. The van der Waals surface area contributed by atoms with Gasteiger partial charge in [0.1, 0.15) is 11.7 Å². The van der Waals surface area contributed by atoms with Crippen LogP contribution in [0.4, 0.5) is 0 Å². The number of ketones is 2. The van der Waals surface area contributed by atoms with Crippen LogP contribution in [0.15, 0.2) is 30.3 Å². The zero-order valence-electron chi connectivity index (χ0n) is 15.8. The van der Waals surface area contributed by atoms with Gasteiger partial charge in [-0.2, -0.15) is 0 Å². The summed E-state index contributed by atoms with van der Waals surface area (Å²) in [6.07, 6.45) is 1.02. The zero-order chi connectivity index (χ0) is 18.3. The molecule has 2 nitrogen and oxygen atoms in total. The molecule has 0 amide bonds. The van der Waals surface area contributed by atoms with Crippen molar-refractivity contribution < 1.29 is 9.59 Å². The third-order valence-electron chi connectivity index (χ3n) is 5.25. The molecule has 130 valence electrons. The fraction of sp³-hybridized carbons (Fsp3) is 0.391. The highest BCUT2D eigenvalue weighted by Crippen LogP contribution is 2.37. The second kappa shape index (κ2) is 6.59. The molecule has 0 radical (unpaired) electrons. The van der Waals surface area contributed by atoms with Crippen LogP contribution in [-0.2, 0) is 16.0 Å². The van der Waals surface area contributed by atoms with Gasteiger partial charge in [-0.15, -0.1) is 0 Å². The molecule has 2 heteroatoms. The van der Waals surface area contributed by atoms with Crippen LogP contribution in [0, 0.1) is 40.5 Å². The molecule has 1 aliphatic carbocycles. The smallest absolute Gasteiger partial charge is 0.151 e. The van der Waals surface area contributed by atoms with Crippen molar-refractivity contribution in [1.29, 1.82) is 0 Å². The summed E-state index contributed by atoms with van der Waals surface area (Å²) in [5.74, 6) is -0.594. The topological polar surface area (TPSA) is 34.1 Å². The van der Waals surface area contributed by atoms with Gasteiger partial charge in [0.25, 0.3) is 0 Å². The largest absolute Gasteiger partial charge is 0.298 e. The SMILES string of the molecule is Cc1cc(C)cc(CC2CC(=O)C(c3c(C)cc(C)cc3C)C2=O)c1. The maximum Gasteiger partial charge on any atom is 0.151 e. The van der Waals surface area contributed by atoms with E-state index in [1.54, 1.807) is 0 Å². The Morgan fingerprint density at radius 3 is 1.88 bits per heavy atom. The Balaban J connectivity index is 1.90. The number of rotatable bonds is 3. The molecule has 25 heavy (non-hydrogen) atoms. The summed E-state index contributed by atoms with van der Waals surface area (Å²) < 4.78 is 0. The first-order valence-corrected chi connectivity index (χ1v) is 8.97. The lowest BCUT2D eigenvalue weighted by molar-refractivity contribution is -0.124. The summed E-state index contributed by atoms with van der Waals surface area (Å²) in [5, 5.41) is 0. The zero-order valence-corrected chi connectivity index (χ0v) is 15.8. The summed E-state index contributed by atoms with van der Waals surface area (Å²) in [5.41, 5.74) is 7.77. The van der Waals surface area contributed by atoms with E-state index < -0.39 is 5.92 Å². The van der Waals surface area contributed by atoms with Crippen LogP contribution in [0.2, 0.25) is 0 Å². The van der Waals surface area contributed by atoms with E-state index in [1.165, 1.54) is 16.7 Å². The second-order valence-electron chi connectivity index (χ2n) is 7.72. The van der Waals surface area contributed by atoms with E-state index in [2.05, 4.69) is 44.2 Å². The first-order valence-electron chi connectivity index (χ1n) is 8.97. The van der Waals surface area contributed by atoms with Gasteiger partial charge in [0, 0.05) is 12.3 Å². The fourth-order valence-corrected chi connectivity index (χ4v) is 4.45. The minimum absolute atomic E-state index is 0.0782. The maximum absolute atomic E-state index is 13.1. The van der Waals surface area contributed by atoms with Gasteiger partial charge in [-0.1, -0.05) is 47.0 Å². The number of hydrogen-bond donors (Lipinski definition) is 0. The van der Waals surface area contributed by atoms with Crippen LogP contribution < -0.4 is 0 Å². The van der Waals surface area contributed by atoms with Crippen LogP contribution >= 0.6 is 0 Å². The average molecular weight is 334 g/mol. The molecule has 1 fully saturated rings. The Hall–Kier alpha value is -2.22. The van der Waals surface area contributed by atoms with Crippen molar-refractivity contribution in [3.8, 4) is 0 Å². The van der Waals surface area contributed by atoms with E-state index in [-0.39, 0.29) is 17.5 Å². The molecule has 2 atom stereocenters. The van der Waals surface area contributed by atoms with E-state index in [0.717, 1.165) is 22.3 Å². The minimum Gasteiger partial charge on any atom is -0.298 e. The van der Waals surface area contributed by atoms with Crippen molar-refractivity contribution in [2.75, 3.05) is 0 Å². The quantitative estimate of drug-likeness (QED) is 0.762. The summed E-state index contributed by atoms with van der Waals surface area (Å²) >= 11 is 0. The Morgan fingerprint density at radius 1 is 0.800 bits per heavy atom. The van der Waals surface area contributed by atoms with Crippen molar-refractivity contribution in [3.05, 3.63) is 69.3 Å². The van der Waals surface area contributed by atoms with Crippen LogP contribution in [0.25, 0.3) is 0 Å². The maximum atomic E-state index is 13.1. The Bertz CT molecular complexity index is 817. The first kappa shape index (κ1) is 17.6. The molecule has 0 heterocycles. The molecule has 3 rings (SSSR count). The number of Topliss-reactive ketones (excluding diaryl/α,β-unsaturated/α-hetero) is 2. The summed E-state index contributed by atoms with van der Waals surface area (Å²) in [4.78, 5) is 25.7. The second-order valence-corrected chi connectivity index (χ2v) is 7.72. The van der Waals surface area contributed by atoms with Gasteiger partial charge in [0.15, 0.2) is 5.78 Å². The molecule has 2 aromatic carbocycles. The van der Waals surface area contributed by atoms with E-state index >= 15 is 0 Å². The predicted octanol–water partition coefficient (Wildman–Crippen LogP) is 4.71. The molecule has 1 saturated carbocycles. The lowest BCUT2D eigenvalue weighted by Gasteiger charge is -2.16. The standard InChI is InChI=1S/C23H26O2/c1-13-6-14(2)10-18(9-13)11-19-12-20(24)22(23(19)25)21-16(4)7-15(3)8-17(21)5/h6-10,19,22H,11-12H2,1-5H3. The number of aryl methyl sites for hydroxylation is 5. The normalized spacial score (nSPS) is 20.4. The molecule has 0 spiro atoms. The number of hydrogen-bond acceptors (Lipinski definition) is 2. The van der Waals surface area contributed by atoms with Gasteiger partial charge in [-0.3, -0.25) is 9.59 Å². The van der Waals surface area contributed by atoms with E-state index in [9.17, 15) is 9.59 Å². The van der Waals surface area contributed by atoms with Gasteiger partial charge in [0.05, 0.1) is 0 Å². The minimum atomic E-state index is -0.573. The molecule has 2 unspecified atom stereocenters. The molecule has 1 aliphatic rings. The highest BCUT2D eigenvalue weighted by Gasteiger charge is 2.42. The monoisotopic (exact) mass is 334 g/mol. The van der Waals surface area contributed by atoms with Gasteiger partial charge in [-0.25, -0.2) is 0 Å². The van der Waals surface area contributed by atoms with Crippen LogP contribution in [0.5, 0.6) is 0 Å². The van der Waals surface area contributed by atoms with Crippen LogP contribution in [0.1, 0.15) is 51.3 Å². The summed E-state index contributed by atoms with van der Waals surface area (Å²) in [6, 6.07) is 10.5. The predicted molar refractivity (Wildman–Crippen MR) is 101 cm³/mol. The van der Waals surface area contributed by atoms with Crippen LogP contribution in [0.3, 0.4) is 0 Å². The molecular formula is C23H26O2. The lowest BCUT2D eigenvalue weighted by atomic mass is 9.86. The lowest BCUT2D eigenvalue weighted by Crippen LogP contribution is -2.18. The molecule has 2 aromatic rings. The van der Waals surface area contributed by atoms with Gasteiger partial charge in [-0.05, 0) is 63.3 Å². The third-order valence-corrected chi connectivity index (χ3v) is 5.25. The van der Waals surface area contributed by atoms with Crippen molar-refractivity contribution in [2.24, 2.45) is 5.92 Å². The van der Waals surface area contributed by atoms with Crippen LogP contribution in [-0.4, -0.2) is 11.6 Å². The number of carbonyl (C=O) groups is 2. The van der Waals surface area contributed by atoms with E-state index in [0.29, 0.717) is 12.8 Å². The van der Waals surface area contributed by atoms with E-state index in [4.69, 9.17) is 0 Å². The highest BCUT2D eigenvalue weighted by molar-refractivity contribution is 6.15. The van der Waals surface area contributed by atoms with Gasteiger partial charge < -0.3 is 0 Å². The molecule has 0 aliphatic heterocycles. The summed E-state index contributed by atoms with van der Waals surface area (Å²) in [7, 11) is 0. The van der Waals surface area contributed by atoms with Gasteiger partial charge in [0.2, 0.25) is 0 Å². The molecule has 0 N–H and O–H groups in total. The molecule has 0 bridgehead atoms. The Labute approximate surface area is 150 Å². The number of carbonyl (C=O) groups excluding carboxylic acids is 2. The fourth-order valence-electron chi connectivity index (χ4n) is 4.45. The summed E-state index contributed by atoms with van der Waals surface area (Å²) in [6.45, 7) is 10.2. The highest BCUT2D eigenvalue weighted by atomic mass is 16.2. The number of benzene rings is 2. The van der Waals surface area contributed by atoms with Crippen molar-refractivity contribution >= 4 is 11.6 Å². The third kappa shape index (κ3) is 3.44.